The Hall–Kier alpha value is -2.33. The van der Waals surface area contributed by atoms with E-state index in [-0.39, 0.29) is 24.1 Å². The second kappa shape index (κ2) is 11.9. The normalized spacial score (nSPS) is 23.4. The topological polar surface area (TPSA) is 92.3 Å². The first-order valence-corrected chi connectivity index (χ1v) is 12.5. The van der Waals surface area contributed by atoms with Crippen molar-refractivity contribution in [3.8, 4) is 0 Å². The summed E-state index contributed by atoms with van der Waals surface area (Å²) in [6, 6.07) is 4.05. The van der Waals surface area contributed by atoms with Gasteiger partial charge in [0.2, 0.25) is 0 Å². The Balaban J connectivity index is 1.23. The number of piperazine rings is 2. The molecule has 9 nitrogen and oxygen atoms in total. The number of ketones is 2. The minimum absolute atomic E-state index is 0.0884. The number of likely N-dealkylation sites (N-methyl/N-ethyl adjacent to an activating group) is 1. The molecule has 1 aromatic heterocycles. The van der Waals surface area contributed by atoms with Crippen molar-refractivity contribution in [2.75, 3.05) is 90.5 Å². The van der Waals surface area contributed by atoms with E-state index in [4.69, 9.17) is 5.11 Å². The molecule has 1 saturated carbocycles. The SMILES string of the molecule is CN1CCN(c2ccc(C3CC(=O)C(=CNCCN4CCN(CCO)CC4)C(=O)C3)cn2)CC1. The van der Waals surface area contributed by atoms with Crippen molar-refractivity contribution in [1.82, 2.24) is 25.0 Å². The number of aliphatic hydroxyl groups excluding tert-OH is 1. The number of hydrogen-bond donors (Lipinski definition) is 2. The molecule has 3 heterocycles. The van der Waals surface area contributed by atoms with Crippen LogP contribution < -0.4 is 10.2 Å². The molecule has 0 bridgehead atoms. The highest BCUT2D eigenvalue weighted by Gasteiger charge is 2.31. The number of pyridine rings is 1. The van der Waals surface area contributed by atoms with Gasteiger partial charge < -0.3 is 20.2 Å². The quantitative estimate of drug-likeness (QED) is 0.308. The van der Waals surface area contributed by atoms with Gasteiger partial charge in [-0.25, -0.2) is 4.98 Å². The van der Waals surface area contributed by atoms with Gasteiger partial charge in [-0.2, -0.15) is 0 Å². The number of aliphatic hydroxyl groups is 1. The first kappa shape index (κ1) is 24.8. The largest absolute Gasteiger partial charge is 0.395 e. The summed E-state index contributed by atoms with van der Waals surface area (Å²) in [6.07, 6.45) is 4.16. The zero-order chi connectivity index (χ0) is 23.9. The number of rotatable bonds is 8. The average molecular weight is 471 g/mol. The molecule has 34 heavy (non-hydrogen) atoms. The Morgan fingerprint density at radius 1 is 0.971 bits per heavy atom. The van der Waals surface area contributed by atoms with E-state index in [0.29, 0.717) is 25.0 Å². The lowest BCUT2D eigenvalue weighted by Crippen LogP contribution is -2.48. The van der Waals surface area contributed by atoms with Crippen molar-refractivity contribution in [2.45, 2.75) is 18.8 Å². The molecule has 1 aliphatic carbocycles. The molecule has 0 radical (unpaired) electrons. The van der Waals surface area contributed by atoms with Crippen LogP contribution in [-0.2, 0) is 9.59 Å². The van der Waals surface area contributed by atoms with E-state index in [1.165, 1.54) is 0 Å². The van der Waals surface area contributed by atoms with Gasteiger partial charge in [-0.3, -0.25) is 19.4 Å². The third-order valence-corrected chi connectivity index (χ3v) is 7.23. The van der Waals surface area contributed by atoms with E-state index in [1.54, 1.807) is 6.20 Å². The Bertz CT molecular complexity index is 838. The monoisotopic (exact) mass is 470 g/mol. The summed E-state index contributed by atoms with van der Waals surface area (Å²) in [4.78, 5) is 39.3. The molecule has 2 saturated heterocycles. The standard InChI is InChI=1S/C25H38N6O3/c1-28-6-12-31(13-7-28)25-3-2-20(18-27-25)21-16-23(33)22(24(34)17-21)19-26-4-5-29-8-10-30(11-9-29)14-15-32/h2-3,18-19,21,26,32H,4-17H2,1H3. The van der Waals surface area contributed by atoms with Crippen molar-refractivity contribution < 1.29 is 14.7 Å². The molecule has 0 aromatic carbocycles. The molecule has 0 amide bonds. The van der Waals surface area contributed by atoms with Gasteiger partial charge in [0, 0.05) is 97.2 Å². The molecule has 0 atom stereocenters. The zero-order valence-corrected chi connectivity index (χ0v) is 20.3. The molecule has 186 valence electrons. The van der Waals surface area contributed by atoms with Crippen LogP contribution >= 0.6 is 0 Å². The lowest BCUT2D eigenvalue weighted by molar-refractivity contribution is -0.124. The van der Waals surface area contributed by atoms with Crippen LogP contribution in [0, 0.1) is 0 Å². The number of nitrogens with zero attached hydrogens (tertiary/aromatic N) is 5. The summed E-state index contributed by atoms with van der Waals surface area (Å²) in [7, 11) is 2.13. The number of aromatic nitrogens is 1. The van der Waals surface area contributed by atoms with E-state index in [1.807, 2.05) is 18.3 Å². The molecule has 1 aromatic rings. The third-order valence-electron chi connectivity index (χ3n) is 7.23. The molecule has 0 spiro atoms. The van der Waals surface area contributed by atoms with Crippen LogP contribution in [0.25, 0.3) is 0 Å². The maximum atomic E-state index is 12.7. The van der Waals surface area contributed by atoms with Gasteiger partial charge in [-0.05, 0) is 24.6 Å². The van der Waals surface area contributed by atoms with Gasteiger partial charge in [-0.1, -0.05) is 6.07 Å². The van der Waals surface area contributed by atoms with Crippen molar-refractivity contribution in [2.24, 2.45) is 0 Å². The smallest absolute Gasteiger partial charge is 0.168 e. The van der Waals surface area contributed by atoms with Gasteiger partial charge in [0.15, 0.2) is 11.6 Å². The highest BCUT2D eigenvalue weighted by atomic mass is 16.3. The fourth-order valence-corrected chi connectivity index (χ4v) is 4.93. The van der Waals surface area contributed by atoms with Crippen LogP contribution in [0.2, 0.25) is 0 Å². The zero-order valence-electron chi connectivity index (χ0n) is 20.3. The number of carbonyl (C=O) groups excluding carboxylic acids is 2. The molecule has 9 heteroatoms. The van der Waals surface area contributed by atoms with E-state index in [9.17, 15) is 9.59 Å². The Labute approximate surface area is 202 Å². The average Bonchev–Trinajstić information content (AvgIpc) is 2.85. The summed E-state index contributed by atoms with van der Waals surface area (Å²) in [5, 5.41) is 12.2. The molecular weight excluding hydrogens is 432 g/mol. The van der Waals surface area contributed by atoms with Crippen molar-refractivity contribution in [3.05, 3.63) is 35.7 Å². The van der Waals surface area contributed by atoms with Gasteiger partial charge in [0.05, 0.1) is 12.2 Å². The predicted octanol–water partition coefficient (Wildman–Crippen LogP) is -0.0676. The fraction of sp³-hybridized carbons (Fsp3) is 0.640. The first-order chi connectivity index (χ1) is 16.5. The van der Waals surface area contributed by atoms with Gasteiger partial charge in [-0.15, -0.1) is 0 Å². The van der Waals surface area contributed by atoms with E-state index in [2.05, 4.69) is 36.9 Å². The van der Waals surface area contributed by atoms with Gasteiger partial charge in [0.25, 0.3) is 0 Å². The minimum Gasteiger partial charge on any atom is -0.395 e. The minimum atomic E-state index is -0.0959. The predicted molar refractivity (Wildman–Crippen MR) is 132 cm³/mol. The molecule has 3 aliphatic rings. The summed E-state index contributed by atoms with van der Waals surface area (Å²) in [6.45, 7) is 10.4. The van der Waals surface area contributed by atoms with Crippen molar-refractivity contribution in [3.63, 3.8) is 0 Å². The van der Waals surface area contributed by atoms with Crippen LogP contribution in [-0.4, -0.2) is 122 Å². The van der Waals surface area contributed by atoms with Gasteiger partial charge in [0.1, 0.15) is 5.82 Å². The van der Waals surface area contributed by atoms with Crippen molar-refractivity contribution in [1.29, 1.82) is 0 Å². The highest BCUT2D eigenvalue weighted by Crippen LogP contribution is 2.31. The van der Waals surface area contributed by atoms with Crippen LogP contribution in [0.4, 0.5) is 5.82 Å². The Morgan fingerprint density at radius 3 is 2.21 bits per heavy atom. The molecule has 2 aliphatic heterocycles. The number of nitrogens with one attached hydrogen (secondary N) is 1. The molecule has 2 N–H and O–H groups in total. The molecule has 3 fully saturated rings. The Morgan fingerprint density at radius 2 is 1.62 bits per heavy atom. The summed E-state index contributed by atoms with van der Waals surface area (Å²) < 4.78 is 0. The first-order valence-electron chi connectivity index (χ1n) is 12.5. The molecular formula is C25H38N6O3. The number of β-amino-alcohol motifs (C(OH)–C–C–N with tert-alkyl or cyclic N) is 1. The molecule has 4 rings (SSSR count). The summed E-state index contributed by atoms with van der Waals surface area (Å²) in [5.41, 5.74) is 1.26. The maximum Gasteiger partial charge on any atom is 0.168 e. The second-order valence-electron chi connectivity index (χ2n) is 9.61. The number of allylic oxidation sites excluding steroid dienone is 1. The van der Waals surface area contributed by atoms with Gasteiger partial charge >= 0.3 is 0 Å². The highest BCUT2D eigenvalue weighted by molar-refractivity contribution is 6.22. The number of anilines is 1. The van der Waals surface area contributed by atoms with E-state index < -0.39 is 0 Å². The molecule has 0 unspecified atom stereocenters. The number of Topliss-reactive ketones (excluding diaryl/α,β-unsaturated/α-hetero) is 2. The second-order valence-corrected chi connectivity index (χ2v) is 9.61. The maximum absolute atomic E-state index is 12.7. The lowest BCUT2D eigenvalue weighted by Gasteiger charge is -2.34. The van der Waals surface area contributed by atoms with Crippen LogP contribution in [0.1, 0.15) is 24.3 Å². The van der Waals surface area contributed by atoms with Crippen LogP contribution in [0.15, 0.2) is 30.1 Å². The summed E-state index contributed by atoms with van der Waals surface area (Å²) >= 11 is 0. The number of carbonyl (C=O) groups is 2. The Kier molecular flexibility index (Phi) is 8.66. The van der Waals surface area contributed by atoms with E-state index >= 15 is 0 Å². The fourth-order valence-electron chi connectivity index (χ4n) is 4.93. The third kappa shape index (κ3) is 6.41. The van der Waals surface area contributed by atoms with Crippen LogP contribution in [0.3, 0.4) is 0 Å². The van der Waals surface area contributed by atoms with Crippen molar-refractivity contribution >= 4 is 17.4 Å². The number of hydrogen-bond acceptors (Lipinski definition) is 9. The van der Waals surface area contributed by atoms with Crippen LogP contribution in [0.5, 0.6) is 0 Å². The lowest BCUT2D eigenvalue weighted by atomic mass is 9.81. The summed E-state index contributed by atoms with van der Waals surface area (Å²) in [5.74, 6) is 0.690. The van der Waals surface area contributed by atoms with E-state index in [0.717, 1.165) is 76.8 Å².